The van der Waals surface area contributed by atoms with Crippen molar-refractivity contribution < 1.29 is 30.0 Å². The van der Waals surface area contributed by atoms with Crippen LogP contribution in [-0.4, -0.2) is 33.7 Å². The monoisotopic (exact) mass is 437 g/mol. The van der Waals surface area contributed by atoms with Crippen molar-refractivity contribution in [3.05, 3.63) is 47.2 Å². The quantitative estimate of drug-likeness (QED) is 0.534. The van der Waals surface area contributed by atoms with Crippen LogP contribution in [-0.2, 0) is 37.2 Å². The van der Waals surface area contributed by atoms with Crippen molar-refractivity contribution in [1.29, 1.82) is 0 Å². The second-order valence-corrected chi connectivity index (χ2v) is 11.6. The third kappa shape index (κ3) is 3.61. The molecule has 1 aliphatic heterocycles. The maximum Gasteiger partial charge on any atom is 0.534 e. The van der Waals surface area contributed by atoms with Crippen molar-refractivity contribution >= 4 is 21.1 Å². The van der Waals surface area contributed by atoms with Crippen LogP contribution in [0.15, 0.2) is 36.1 Å². The van der Waals surface area contributed by atoms with Crippen LogP contribution in [0.5, 0.6) is 0 Å². The molecule has 1 spiro atoms. The van der Waals surface area contributed by atoms with Crippen molar-refractivity contribution in [2.45, 2.75) is 55.8 Å². The largest absolute Gasteiger partial charge is 0.534 e. The van der Waals surface area contributed by atoms with Gasteiger partial charge >= 0.3 is 15.6 Å². The van der Waals surface area contributed by atoms with Crippen LogP contribution in [0.2, 0.25) is 0 Å². The predicted octanol–water partition coefficient (Wildman–Crippen LogP) is 3.75. The maximum atomic E-state index is 13.2. The highest BCUT2D eigenvalue weighted by Gasteiger charge is 2.53. The summed E-state index contributed by atoms with van der Waals surface area (Å²) >= 11 is 0. The number of hydrogen-bond donors (Lipinski definition) is 0. The number of nitrogens with zero attached hydrogens (tertiary/aromatic N) is 1. The molecule has 0 N–H and O–H groups in total. The zero-order chi connectivity index (χ0) is 21.0. The number of rotatable bonds is 3. The van der Waals surface area contributed by atoms with Crippen molar-refractivity contribution in [3.8, 4) is 0 Å². The average molecular weight is 438 g/mol. The lowest BCUT2D eigenvalue weighted by molar-refractivity contribution is -0.0522. The van der Waals surface area contributed by atoms with Gasteiger partial charge in [-0.05, 0) is 57.2 Å². The minimum Gasteiger partial charge on any atom is -0.379 e. The van der Waals surface area contributed by atoms with E-state index >= 15 is 0 Å². The Labute approximate surface area is 165 Å². The molecule has 1 unspecified atom stereocenters. The van der Waals surface area contributed by atoms with Crippen LogP contribution in [0.1, 0.15) is 44.7 Å². The van der Waals surface area contributed by atoms with E-state index in [1.165, 1.54) is 6.08 Å². The molecular weight excluding hydrogens is 415 g/mol. The third-order valence-corrected chi connectivity index (χ3v) is 7.76. The molecule has 156 valence electrons. The molecule has 0 aromatic heterocycles. The first-order chi connectivity index (χ1) is 12.8. The second-order valence-electron chi connectivity index (χ2n) is 7.93. The molecule has 28 heavy (non-hydrogen) atoms. The van der Waals surface area contributed by atoms with Crippen LogP contribution in [0.3, 0.4) is 0 Å². The highest BCUT2D eigenvalue weighted by molar-refractivity contribution is 7.87. The van der Waals surface area contributed by atoms with Crippen LogP contribution < -0.4 is 0 Å². The fraction of sp³-hybridized carbons (Fsp3) is 0.556. The van der Waals surface area contributed by atoms with E-state index in [4.69, 9.17) is 0 Å². The topological polar surface area (TPSA) is 63.7 Å². The Kier molecular flexibility index (Phi) is 5.21. The average Bonchev–Trinajstić information content (AvgIpc) is 2.90. The van der Waals surface area contributed by atoms with Crippen LogP contribution in [0, 0.1) is 0 Å². The predicted molar refractivity (Wildman–Crippen MR) is 99.8 cm³/mol. The summed E-state index contributed by atoms with van der Waals surface area (Å²) in [6, 6.07) is 7.45. The molecule has 5 nitrogen and oxygen atoms in total. The van der Waals surface area contributed by atoms with Gasteiger partial charge in [-0.15, -0.1) is 0 Å². The van der Waals surface area contributed by atoms with E-state index in [-0.39, 0.29) is 12.3 Å². The smallest absolute Gasteiger partial charge is 0.379 e. The van der Waals surface area contributed by atoms with Gasteiger partial charge in [0, 0.05) is 0 Å². The first kappa shape index (κ1) is 21.3. The third-order valence-electron chi connectivity index (χ3n) is 4.86. The minimum absolute atomic E-state index is 0.284. The van der Waals surface area contributed by atoms with Crippen molar-refractivity contribution in [3.63, 3.8) is 0 Å². The zero-order valence-electron chi connectivity index (χ0n) is 15.7. The van der Waals surface area contributed by atoms with Gasteiger partial charge < -0.3 is 4.18 Å². The summed E-state index contributed by atoms with van der Waals surface area (Å²) in [4.78, 5) is 0. The Morgan fingerprint density at radius 2 is 1.82 bits per heavy atom. The molecule has 1 heterocycles. The highest BCUT2D eigenvalue weighted by Crippen LogP contribution is 2.48. The summed E-state index contributed by atoms with van der Waals surface area (Å²) in [6.45, 7) is 5.00. The van der Waals surface area contributed by atoms with Gasteiger partial charge in [0.1, 0.15) is 16.7 Å². The van der Waals surface area contributed by atoms with Crippen LogP contribution in [0.4, 0.5) is 13.2 Å². The number of halogens is 3. The normalized spacial score (nSPS) is 24.7. The fourth-order valence-electron chi connectivity index (χ4n) is 3.69. The van der Waals surface area contributed by atoms with Gasteiger partial charge in [0.05, 0.1) is 16.8 Å². The molecule has 2 atom stereocenters. The van der Waals surface area contributed by atoms with E-state index in [9.17, 15) is 25.8 Å². The Balaban J connectivity index is 2.11. The van der Waals surface area contributed by atoms with E-state index in [1.807, 2.05) is 24.3 Å². The van der Waals surface area contributed by atoms with Crippen molar-refractivity contribution in [1.82, 2.24) is 4.31 Å². The molecule has 1 aromatic carbocycles. The fourth-order valence-corrected chi connectivity index (χ4v) is 5.62. The Morgan fingerprint density at radius 1 is 1.18 bits per heavy atom. The molecule has 0 fully saturated rings. The lowest BCUT2D eigenvalue weighted by Crippen LogP contribution is -2.49. The van der Waals surface area contributed by atoms with E-state index in [1.54, 1.807) is 25.1 Å². The first-order valence-electron chi connectivity index (χ1n) is 8.78. The summed E-state index contributed by atoms with van der Waals surface area (Å²) < 4.78 is 79.9. The summed E-state index contributed by atoms with van der Waals surface area (Å²) in [5, 5.41) is 0. The van der Waals surface area contributed by atoms with Gasteiger partial charge in [-0.3, -0.25) is 0 Å². The number of hydrogen-bond acceptors (Lipinski definition) is 4. The molecule has 2 aliphatic rings. The molecule has 0 bridgehead atoms. The van der Waals surface area contributed by atoms with E-state index in [0.29, 0.717) is 6.42 Å². The summed E-state index contributed by atoms with van der Waals surface area (Å²) in [7, 11) is -7.39. The SMILES string of the molecule is CC(C)(C)S(=O)N1CC(OS(=O)(=O)C(F)(F)F)=C[C@]12CCCc1ccccc12. The van der Waals surface area contributed by atoms with E-state index in [0.717, 1.165) is 24.0 Å². The number of aryl methyl sites for hydroxylation is 1. The van der Waals surface area contributed by atoms with Gasteiger partial charge in [0.25, 0.3) is 0 Å². The van der Waals surface area contributed by atoms with Crippen LogP contribution >= 0.6 is 0 Å². The van der Waals surface area contributed by atoms with Gasteiger partial charge in [-0.25, -0.2) is 8.51 Å². The Bertz CT molecular complexity index is 935. The molecule has 3 rings (SSSR count). The lowest BCUT2D eigenvalue weighted by atomic mass is 9.77. The zero-order valence-corrected chi connectivity index (χ0v) is 17.4. The highest BCUT2D eigenvalue weighted by atomic mass is 32.2. The second kappa shape index (κ2) is 6.84. The molecule has 0 radical (unpaired) electrons. The Hall–Kier alpha value is -1.39. The molecular formula is C18H22F3NO4S2. The number of benzene rings is 1. The summed E-state index contributed by atoms with van der Waals surface area (Å²) in [5.41, 5.74) is -4.67. The molecule has 0 saturated heterocycles. The van der Waals surface area contributed by atoms with Crippen molar-refractivity contribution in [2.24, 2.45) is 0 Å². The van der Waals surface area contributed by atoms with Crippen molar-refractivity contribution in [2.75, 3.05) is 6.54 Å². The van der Waals surface area contributed by atoms with Gasteiger partial charge in [-0.1, -0.05) is 24.3 Å². The molecule has 0 saturated carbocycles. The standard InChI is InChI=1S/C18H22F3NO4S2/c1-16(2,3)27(23)22-12-14(26-28(24,25)18(19,20)21)11-17(22)10-6-8-13-7-4-5-9-15(13)17/h4-5,7,9,11H,6,8,10,12H2,1-3H3/t17-,27?/m0/s1. The first-order valence-corrected chi connectivity index (χ1v) is 11.3. The molecule has 1 aromatic rings. The minimum atomic E-state index is -5.79. The van der Waals surface area contributed by atoms with Crippen LogP contribution in [0.25, 0.3) is 0 Å². The van der Waals surface area contributed by atoms with Gasteiger partial charge in [-0.2, -0.15) is 21.6 Å². The van der Waals surface area contributed by atoms with E-state index in [2.05, 4.69) is 4.18 Å². The molecule has 0 amide bonds. The maximum absolute atomic E-state index is 13.2. The van der Waals surface area contributed by atoms with Gasteiger partial charge in [0.2, 0.25) is 0 Å². The lowest BCUT2D eigenvalue weighted by Gasteiger charge is -2.43. The summed E-state index contributed by atoms with van der Waals surface area (Å²) in [6.07, 6.45) is 3.42. The number of alkyl halides is 3. The molecule has 10 heteroatoms. The van der Waals surface area contributed by atoms with Gasteiger partial charge in [0.15, 0.2) is 0 Å². The molecule has 1 aliphatic carbocycles. The number of fused-ring (bicyclic) bond motifs is 2. The summed E-state index contributed by atoms with van der Waals surface area (Å²) in [5.74, 6) is -0.355. The Morgan fingerprint density at radius 3 is 2.43 bits per heavy atom. The van der Waals surface area contributed by atoms with E-state index < -0.39 is 36.9 Å².